The van der Waals surface area contributed by atoms with Gasteiger partial charge in [-0.1, -0.05) is 36.4 Å². The lowest BCUT2D eigenvalue weighted by atomic mass is 9.99. The van der Waals surface area contributed by atoms with Crippen LogP contribution < -0.4 is 16.2 Å². The molecule has 0 spiro atoms. The summed E-state index contributed by atoms with van der Waals surface area (Å²) in [6, 6.07) is 14.4. The highest BCUT2D eigenvalue weighted by atomic mass is 19.1. The van der Waals surface area contributed by atoms with Crippen molar-refractivity contribution in [3.05, 3.63) is 71.0 Å². The number of nitrogens with one attached hydrogen (secondary N) is 3. The Morgan fingerprint density at radius 2 is 1.89 bits per heavy atom. The van der Waals surface area contributed by atoms with Crippen molar-refractivity contribution in [2.75, 3.05) is 20.6 Å². The van der Waals surface area contributed by atoms with Crippen LogP contribution in [0.5, 0.6) is 0 Å². The Labute approximate surface area is 159 Å². The summed E-state index contributed by atoms with van der Waals surface area (Å²) in [5.41, 5.74) is 9.57. The van der Waals surface area contributed by atoms with Crippen molar-refractivity contribution < 1.29 is 9.18 Å². The molecule has 144 valence electrons. The summed E-state index contributed by atoms with van der Waals surface area (Å²) in [5, 5.41) is 3.07. The first-order chi connectivity index (χ1) is 13.0. The molecule has 2 aromatic carbocycles. The van der Waals surface area contributed by atoms with E-state index >= 15 is 0 Å². The van der Waals surface area contributed by atoms with Crippen LogP contribution in [0, 0.1) is 12.7 Å². The Morgan fingerprint density at radius 1 is 1.19 bits per heavy atom. The van der Waals surface area contributed by atoms with Crippen molar-refractivity contribution in [1.82, 2.24) is 21.1 Å². The molecular formula is C21H27FN4O. The van der Waals surface area contributed by atoms with Crippen LogP contribution >= 0.6 is 0 Å². The number of likely N-dealkylation sites (N-methyl/N-ethyl adjacent to an activating group) is 1. The summed E-state index contributed by atoms with van der Waals surface area (Å²) < 4.78 is 13.1. The van der Waals surface area contributed by atoms with Crippen molar-refractivity contribution in [1.29, 1.82) is 0 Å². The van der Waals surface area contributed by atoms with E-state index in [0.29, 0.717) is 13.0 Å². The molecule has 2 aromatic rings. The number of hydrogen-bond acceptors (Lipinski definition) is 4. The topological polar surface area (TPSA) is 56.4 Å². The van der Waals surface area contributed by atoms with Gasteiger partial charge in [-0.2, -0.15) is 0 Å². The third kappa shape index (κ3) is 4.71. The van der Waals surface area contributed by atoms with Crippen molar-refractivity contribution in [2.24, 2.45) is 0 Å². The second-order valence-corrected chi connectivity index (χ2v) is 7.26. The van der Waals surface area contributed by atoms with E-state index < -0.39 is 0 Å². The lowest BCUT2D eigenvalue weighted by Gasteiger charge is -2.27. The highest BCUT2D eigenvalue weighted by Gasteiger charge is 2.30. The minimum atomic E-state index is -0.320. The quantitative estimate of drug-likeness (QED) is 0.731. The van der Waals surface area contributed by atoms with E-state index in [1.54, 1.807) is 12.1 Å². The fourth-order valence-electron chi connectivity index (χ4n) is 3.49. The Kier molecular flexibility index (Phi) is 6.21. The average molecular weight is 370 g/mol. The van der Waals surface area contributed by atoms with E-state index in [0.717, 1.165) is 5.56 Å². The predicted octanol–water partition coefficient (Wildman–Crippen LogP) is 2.46. The zero-order valence-corrected chi connectivity index (χ0v) is 16.0. The Hall–Kier alpha value is -2.28. The highest BCUT2D eigenvalue weighted by Crippen LogP contribution is 2.23. The number of amides is 1. The molecule has 0 aromatic heterocycles. The van der Waals surface area contributed by atoms with Gasteiger partial charge >= 0.3 is 0 Å². The first kappa shape index (κ1) is 19.5. The Balaban J connectivity index is 1.58. The molecule has 27 heavy (non-hydrogen) atoms. The second kappa shape index (κ2) is 8.61. The third-order valence-electron chi connectivity index (χ3n) is 5.13. The van der Waals surface area contributed by atoms with Crippen LogP contribution in [0.15, 0.2) is 48.5 Å². The van der Waals surface area contributed by atoms with Crippen molar-refractivity contribution in [3.63, 3.8) is 0 Å². The summed E-state index contributed by atoms with van der Waals surface area (Å²) in [4.78, 5) is 14.7. The van der Waals surface area contributed by atoms with Crippen molar-refractivity contribution in [2.45, 2.75) is 31.5 Å². The molecule has 5 nitrogen and oxygen atoms in total. The van der Waals surface area contributed by atoms with Gasteiger partial charge in [-0.15, -0.1) is 0 Å². The maximum atomic E-state index is 13.1. The van der Waals surface area contributed by atoms with E-state index in [2.05, 4.69) is 40.1 Å². The van der Waals surface area contributed by atoms with Gasteiger partial charge in [0.05, 0.1) is 6.04 Å². The molecule has 0 aliphatic carbocycles. The van der Waals surface area contributed by atoms with E-state index in [4.69, 9.17) is 0 Å². The van der Waals surface area contributed by atoms with E-state index in [1.165, 1.54) is 23.3 Å². The van der Waals surface area contributed by atoms with Crippen LogP contribution in [0.25, 0.3) is 0 Å². The Bertz CT molecular complexity index is 778. The number of hydrazine groups is 1. The number of nitrogens with zero attached hydrogens (tertiary/aromatic N) is 1. The number of rotatable bonds is 6. The monoisotopic (exact) mass is 370 g/mol. The largest absolute Gasteiger partial charge is 0.353 e. The molecule has 1 aliphatic heterocycles. The second-order valence-electron chi connectivity index (χ2n) is 7.26. The van der Waals surface area contributed by atoms with Crippen LogP contribution in [-0.2, 0) is 4.79 Å². The zero-order valence-electron chi connectivity index (χ0n) is 16.0. The molecule has 1 amide bonds. The predicted molar refractivity (Wildman–Crippen MR) is 104 cm³/mol. The third-order valence-corrected chi connectivity index (χ3v) is 5.13. The fraction of sp³-hybridized carbons (Fsp3) is 0.381. The summed E-state index contributed by atoms with van der Waals surface area (Å²) >= 11 is 0. The van der Waals surface area contributed by atoms with Crippen LogP contribution in [-0.4, -0.2) is 37.5 Å². The zero-order chi connectivity index (χ0) is 19.4. The number of halogens is 1. The summed E-state index contributed by atoms with van der Waals surface area (Å²) in [6.07, 6.45) is 0.620. The minimum absolute atomic E-state index is 0.0117. The first-order valence-corrected chi connectivity index (χ1v) is 9.22. The van der Waals surface area contributed by atoms with Gasteiger partial charge < -0.3 is 10.2 Å². The molecule has 1 aliphatic rings. The van der Waals surface area contributed by atoms with Crippen LogP contribution in [0.1, 0.15) is 35.2 Å². The van der Waals surface area contributed by atoms with Gasteiger partial charge in [0.2, 0.25) is 5.91 Å². The SMILES string of the molecule is Cc1ccccc1C(CNC(=O)C1CC(c2ccc(F)cc2)NN1)N(C)C. The van der Waals surface area contributed by atoms with Gasteiger partial charge in [0.25, 0.3) is 0 Å². The van der Waals surface area contributed by atoms with Gasteiger partial charge in [0, 0.05) is 12.6 Å². The maximum absolute atomic E-state index is 13.1. The van der Waals surface area contributed by atoms with Crippen LogP contribution in [0.3, 0.4) is 0 Å². The van der Waals surface area contributed by atoms with Gasteiger partial charge in [0.1, 0.15) is 11.9 Å². The lowest BCUT2D eigenvalue weighted by molar-refractivity contribution is -0.123. The molecule has 1 fully saturated rings. The molecule has 0 saturated carbocycles. The number of aryl methyl sites for hydroxylation is 1. The molecule has 0 radical (unpaired) electrons. The number of carbonyl (C=O) groups is 1. The maximum Gasteiger partial charge on any atom is 0.238 e. The summed E-state index contributed by atoms with van der Waals surface area (Å²) in [6.45, 7) is 2.62. The minimum Gasteiger partial charge on any atom is -0.353 e. The first-order valence-electron chi connectivity index (χ1n) is 9.22. The molecule has 0 bridgehead atoms. The van der Waals surface area contributed by atoms with Crippen molar-refractivity contribution >= 4 is 5.91 Å². The molecule has 3 atom stereocenters. The average Bonchev–Trinajstić information content (AvgIpc) is 3.14. The van der Waals surface area contributed by atoms with E-state index in [-0.39, 0.29) is 29.8 Å². The number of hydrogen-bond donors (Lipinski definition) is 3. The van der Waals surface area contributed by atoms with E-state index in [1.807, 2.05) is 26.2 Å². The smallest absolute Gasteiger partial charge is 0.238 e. The van der Waals surface area contributed by atoms with Crippen LogP contribution in [0.2, 0.25) is 0 Å². The molecule has 3 rings (SSSR count). The number of carbonyl (C=O) groups excluding carboxylic acids is 1. The standard InChI is InChI=1S/C21H27FN4O/c1-14-6-4-5-7-17(14)20(26(2)3)13-23-21(27)19-12-18(24-25-19)15-8-10-16(22)11-9-15/h4-11,18-20,24-25H,12-13H2,1-3H3,(H,23,27). The lowest BCUT2D eigenvalue weighted by Crippen LogP contribution is -2.45. The molecular weight excluding hydrogens is 343 g/mol. The van der Waals surface area contributed by atoms with Gasteiger partial charge in [-0.3, -0.25) is 4.79 Å². The van der Waals surface area contributed by atoms with Gasteiger partial charge in [-0.05, 0) is 56.3 Å². The van der Waals surface area contributed by atoms with E-state index in [9.17, 15) is 9.18 Å². The molecule has 3 N–H and O–H groups in total. The molecule has 1 saturated heterocycles. The fourth-order valence-corrected chi connectivity index (χ4v) is 3.49. The number of benzene rings is 2. The van der Waals surface area contributed by atoms with Gasteiger partial charge in [-0.25, -0.2) is 15.2 Å². The van der Waals surface area contributed by atoms with Crippen LogP contribution in [0.4, 0.5) is 4.39 Å². The van der Waals surface area contributed by atoms with Gasteiger partial charge in [0.15, 0.2) is 0 Å². The summed E-state index contributed by atoms with van der Waals surface area (Å²) in [5.74, 6) is -0.294. The molecule has 1 heterocycles. The van der Waals surface area contributed by atoms with Crippen molar-refractivity contribution in [3.8, 4) is 0 Å². The molecule has 3 unspecified atom stereocenters. The Morgan fingerprint density at radius 3 is 2.56 bits per heavy atom. The highest BCUT2D eigenvalue weighted by molar-refractivity contribution is 5.82. The summed E-state index contributed by atoms with van der Waals surface area (Å²) in [7, 11) is 4.03. The molecule has 6 heteroatoms. The normalized spacial score (nSPS) is 20.6.